The van der Waals surface area contributed by atoms with Crippen LogP contribution in [0.4, 0.5) is 0 Å². The van der Waals surface area contributed by atoms with Crippen molar-refractivity contribution in [1.82, 2.24) is 9.55 Å². The van der Waals surface area contributed by atoms with Gasteiger partial charge in [-0.05, 0) is 37.5 Å². The molecule has 0 fully saturated rings. The largest absolute Gasteiger partial charge is 0.385 e. The summed E-state index contributed by atoms with van der Waals surface area (Å²) in [4.78, 5) is 4.45. The molecule has 0 saturated carbocycles. The van der Waals surface area contributed by atoms with Crippen molar-refractivity contribution >= 4 is 11.8 Å². The molecule has 1 heterocycles. The third-order valence-corrected chi connectivity index (χ3v) is 4.22. The number of imidazole rings is 1. The van der Waals surface area contributed by atoms with E-state index in [0.29, 0.717) is 0 Å². The maximum atomic E-state index is 5.07. The quantitative estimate of drug-likeness (QED) is 0.595. The van der Waals surface area contributed by atoms with E-state index in [2.05, 4.69) is 41.6 Å². The second kappa shape index (κ2) is 6.78. The molecule has 0 amide bonds. The summed E-state index contributed by atoms with van der Waals surface area (Å²) in [6.45, 7) is 5.10. The van der Waals surface area contributed by atoms with Crippen LogP contribution in [0.3, 0.4) is 0 Å². The number of aromatic nitrogens is 2. The Morgan fingerprint density at radius 3 is 2.95 bits per heavy atom. The van der Waals surface area contributed by atoms with Gasteiger partial charge in [0, 0.05) is 31.9 Å². The van der Waals surface area contributed by atoms with Crippen molar-refractivity contribution in [2.75, 3.05) is 19.5 Å². The van der Waals surface area contributed by atoms with Crippen molar-refractivity contribution in [3.63, 3.8) is 0 Å². The van der Waals surface area contributed by atoms with Gasteiger partial charge in [0.25, 0.3) is 0 Å². The molecular weight excluding hydrogens is 256 g/mol. The van der Waals surface area contributed by atoms with Crippen LogP contribution in [-0.2, 0) is 4.74 Å². The van der Waals surface area contributed by atoms with Crippen molar-refractivity contribution in [2.45, 2.75) is 25.4 Å². The smallest absolute Gasteiger partial charge is 0.172 e. The number of hydrogen-bond acceptors (Lipinski definition) is 3. The Morgan fingerprint density at radius 1 is 1.32 bits per heavy atom. The summed E-state index contributed by atoms with van der Waals surface area (Å²) in [6, 6.07) is 6.38. The Kier molecular flexibility index (Phi) is 5.05. The Labute approximate surface area is 119 Å². The van der Waals surface area contributed by atoms with E-state index in [-0.39, 0.29) is 0 Å². The summed E-state index contributed by atoms with van der Waals surface area (Å²) in [7, 11) is 1.74. The summed E-state index contributed by atoms with van der Waals surface area (Å²) in [6.07, 6.45) is 4.93. The minimum atomic E-state index is 0.803. The van der Waals surface area contributed by atoms with Crippen molar-refractivity contribution < 1.29 is 4.74 Å². The second-order valence-electron chi connectivity index (χ2n) is 4.49. The minimum Gasteiger partial charge on any atom is -0.385 e. The van der Waals surface area contributed by atoms with Crippen LogP contribution in [0.5, 0.6) is 0 Å². The van der Waals surface area contributed by atoms with E-state index >= 15 is 0 Å². The lowest BCUT2D eigenvalue weighted by molar-refractivity contribution is 0.200. The van der Waals surface area contributed by atoms with Gasteiger partial charge in [-0.25, -0.2) is 4.98 Å². The van der Waals surface area contributed by atoms with Crippen molar-refractivity contribution in [1.29, 1.82) is 0 Å². The van der Waals surface area contributed by atoms with E-state index in [1.165, 1.54) is 16.8 Å². The van der Waals surface area contributed by atoms with Crippen LogP contribution in [-0.4, -0.2) is 29.0 Å². The normalized spacial score (nSPS) is 10.9. The first-order valence-corrected chi connectivity index (χ1v) is 7.44. The SMILES string of the molecule is COCCCSc1nccn1-c1cccc(C)c1C. The van der Waals surface area contributed by atoms with Gasteiger partial charge in [-0.15, -0.1) is 0 Å². The van der Waals surface area contributed by atoms with Crippen molar-refractivity contribution in [2.24, 2.45) is 0 Å². The van der Waals surface area contributed by atoms with E-state index in [1.807, 2.05) is 12.4 Å². The molecule has 2 rings (SSSR count). The van der Waals surface area contributed by atoms with Crippen LogP contribution < -0.4 is 0 Å². The monoisotopic (exact) mass is 276 g/mol. The van der Waals surface area contributed by atoms with Gasteiger partial charge >= 0.3 is 0 Å². The number of ether oxygens (including phenoxy) is 1. The number of hydrogen-bond donors (Lipinski definition) is 0. The van der Waals surface area contributed by atoms with Crippen LogP contribution in [0.2, 0.25) is 0 Å². The first kappa shape index (κ1) is 14.2. The first-order valence-electron chi connectivity index (χ1n) is 6.45. The maximum absolute atomic E-state index is 5.07. The maximum Gasteiger partial charge on any atom is 0.172 e. The molecule has 0 atom stereocenters. The van der Waals surface area contributed by atoms with E-state index < -0.39 is 0 Å². The Hall–Kier alpha value is -1.26. The van der Waals surface area contributed by atoms with Gasteiger partial charge in [0.1, 0.15) is 0 Å². The number of nitrogens with zero attached hydrogens (tertiary/aromatic N) is 2. The van der Waals surface area contributed by atoms with Crippen LogP contribution >= 0.6 is 11.8 Å². The Balaban J connectivity index is 2.17. The molecule has 19 heavy (non-hydrogen) atoms. The number of methoxy groups -OCH3 is 1. The lowest BCUT2D eigenvalue weighted by Crippen LogP contribution is -2.00. The summed E-state index contributed by atoms with van der Waals surface area (Å²) in [5, 5.41) is 1.05. The van der Waals surface area contributed by atoms with Gasteiger partial charge in [-0.1, -0.05) is 23.9 Å². The van der Waals surface area contributed by atoms with Gasteiger partial charge in [-0.2, -0.15) is 0 Å². The molecule has 0 N–H and O–H groups in total. The number of benzene rings is 1. The lowest BCUT2D eigenvalue weighted by Gasteiger charge is -2.12. The van der Waals surface area contributed by atoms with E-state index in [0.717, 1.165) is 23.9 Å². The molecule has 1 aromatic carbocycles. The van der Waals surface area contributed by atoms with Crippen molar-refractivity contribution in [3.8, 4) is 5.69 Å². The topological polar surface area (TPSA) is 27.1 Å². The summed E-state index contributed by atoms with van der Waals surface area (Å²) < 4.78 is 7.24. The number of rotatable bonds is 6. The highest BCUT2D eigenvalue weighted by Crippen LogP contribution is 2.24. The molecule has 102 valence electrons. The fourth-order valence-corrected chi connectivity index (χ4v) is 2.82. The third kappa shape index (κ3) is 3.39. The predicted molar refractivity (Wildman–Crippen MR) is 80.3 cm³/mol. The summed E-state index contributed by atoms with van der Waals surface area (Å²) >= 11 is 1.77. The third-order valence-electron chi connectivity index (χ3n) is 3.17. The lowest BCUT2D eigenvalue weighted by atomic mass is 10.1. The van der Waals surface area contributed by atoms with Gasteiger partial charge in [-0.3, -0.25) is 4.57 Å². The fraction of sp³-hybridized carbons (Fsp3) is 0.400. The highest BCUT2D eigenvalue weighted by molar-refractivity contribution is 7.99. The van der Waals surface area contributed by atoms with E-state index in [9.17, 15) is 0 Å². The molecule has 0 aliphatic heterocycles. The van der Waals surface area contributed by atoms with Crippen LogP contribution in [0.1, 0.15) is 17.5 Å². The number of thioether (sulfide) groups is 1. The zero-order valence-electron chi connectivity index (χ0n) is 11.7. The molecule has 0 bridgehead atoms. The Morgan fingerprint density at radius 2 is 2.16 bits per heavy atom. The molecule has 0 spiro atoms. The van der Waals surface area contributed by atoms with E-state index in [4.69, 9.17) is 4.74 Å². The summed E-state index contributed by atoms with van der Waals surface area (Å²) in [5.74, 6) is 1.02. The average molecular weight is 276 g/mol. The first-order chi connectivity index (χ1) is 9.24. The highest BCUT2D eigenvalue weighted by atomic mass is 32.2. The molecule has 0 saturated heterocycles. The fourth-order valence-electron chi connectivity index (χ4n) is 1.94. The van der Waals surface area contributed by atoms with Gasteiger partial charge in [0.15, 0.2) is 5.16 Å². The van der Waals surface area contributed by atoms with Gasteiger partial charge in [0.05, 0.1) is 5.69 Å². The molecule has 0 radical (unpaired) electrons. The molecular formula is C15H20N2OS. The van der Waals surface area contributed by atoms with Gasteiger partial charge < -0.3 is 4.74 Å². The second-order valence-corrected chi connectivity index (χ2v) is 5.56. The summed E-state index contributed by atoms with van der Waals surface area (Å²) in [5.41, 5.74) is 3.83. The molecule has 0 unspecified atom stereocenters. The van der Waals surface area contributed by atoms with Crippen LogP contribution in [0, 0.1) is 13.8 Å². The molecule has 1 aromatic heterocycles. The van der Waals surface area contributed by atoms with Crippen LogP contribution in [0.25, 0.3) is 5.69 Å². The van der Waals surface area contributed by atoms with Crippen LogP contribution in [0.15, 0.2) is 35.7 Å². The Bertz CT molecular complexity index is 537. The predicted octanol–water partition coefficient (Wildman–Crippen LogP) is 3.62. The average Bonchev–Trinajstić information content (AvgIpc) is 2.86. The van der Waals surface area contributed by atoms with Crippen molar-refractivity contribution in [3.05, 3.63) is 41.7 Å². The number of aryl methyl sites for hydroxylation is 1. The zero-order valence-corrected chi connectivity index (χ0v) is 12.5. The molecule has 3 nitrogen and oxygen atoms in total. The highest BCUT2D eigenvalue weighted by Gasteiger charge is 2.08. The molecule has 0 aliphatic rings. The minimum absolute atomic E-state index is 0.803. The standard InChI is InChI=1S/C15H20N2OS/c1-12-6-4-7-14(13(12)2)17-9-8-16-15(17)19-11-5-10-18-3/h4,6-9H,5,10-11H2,1-3H3. The zero-order chi connectivity index (χ0) is 13.7. The molecule has 0 aliphatic carbocycles. The van der Waals surface area contributed by atoms with E-state index in [1.54, 1.807) is 18.9 Å². The molecule has 2 aromatic rings. The molecule has 4 heteroatoms. The van der Waals surface area contributed by atoms with Gasteiger partial charge in [0.2, 0.25) is 0 Å².